The second-order valence-corrected chi connectivity index (χ2v) is 6.58. The quantitative estimate of drug-likeness (QED) is 0.809. The lowest BCUT2D eigenvalue weighted by molar-refractivity contribution is 0.590. The van der Waals surface area contributed by atoms with Crippen molar-refractivity contribution in [2.24, 2.45) is 0 Å². The molecule has 0 saturated carbocycles. The van der Waals surface area contributed by atoms with Crippen LogP contribution in [0.2, 0.25) is 0 Å². The molecule has 1 aromatic heterocycles. The second kappa shape index (κ2) is 4.54. The number of aryl methyl sites for hydroxylation is 2. The molecule has 0 amide bonds. The molecular formula is C15H19BrN2. The Bertz CT molecular complexity index is 577. The molecule has 0 aliphatic heterocycles. The van der Waals surface area contributed by atoms with E-state index in [9.17, 15) is 0 Å². The fourth-order valence-corrected chi connectivity index (χ4v) is 2.33. The molecule has 1 heterocycles. The summed E-state index contributed by atoms with van der Waals surface area (Å²) in [6.45, 7) is 10.8. The summed E-state index contributed by atoms with van der Waals surface area (Å²) in [5.41, 5.74) is 5.98. The number of hydrogen-bond donors (Lipinski definition) is 1. The lowest BCUT2D eigenvalue weighted by atomic mass is 9.85. The van der Waals surface area contributed by atoms with Crippen molar-refractivity contribution in [3.8, 4) is 11.3 Å². The Labute approximate surface area is 117 Å². The fourth-order valence-electron chi connectivity index (χ4n) is 1.94. The summed E-state index contributed by atoms with van der Waals surface area (Å²) in [5, 5.41) is 7.42. The molecule has 0 fully saturated rings. The van der Waals surface area contributed by atoms with Crippen molar-refractivity contribution in [1.82, 2.24) is 10.2 Å². The second-order valence-electron chi connectivity index (χ2n) is 5.79. The molecule has 3 heteroatoms. The lowest BCUT2D eigenvalue weighted by Gasteiger charge is -2.20. The zero-order valence-electron chi connectivity index (χ0n) is 11.6. The minimum absolute atomic E-state index is 0.153. The monoisotopic (exact) mass is 306 g/mol. The standard InChI is InChI=1S/C15H19BrN2/c1-9-6-7-11(15(3,4)5)8-12(9)14-13(16)10(2)17-18-14/h6-8H,1-5H3,(H,17,18). The van der Waals surface area contributed by atoms with Gasteiger partial charge in [-0.1, -0.05) is 32.9 Å². The van der Waals surface area contributed by atoms with Gasteiger partial charge in [0, 0.05) is 11.3 Å². The summed E-state index contributed by atoms with van der Waals surface area (Å²) in [7, 11) is 0. The summed E-state index contributed by atoms with van der Waals surface area (Å²) >= 11 is 3.60. The lowest BCUT2D eigenvalue weighted by Crippen LogP contribution is -2.11. The molecule has 0 spiro atoms. The topological polar surface area (TPSA) is 28.7 Å². The van der Waals surface area contributed by atoms with E-state index >= 15 is 0 Å². The maximum Gasteiger partial charge on any atom is 0.107 e. The van der Waals surface area contributed by atoms with E-state index in [1.165, 1.54) is 16.7 Å². The molecule has 18 heavy (non-hydrogen) atoms. The third-order valence-corrected chi connectivity index (χ3v) is 4.20. The number of hydrogen-bond acceptors (Lipinski definition) is 1. The molecule has 0 bridgehead atoms. The van der Waals surface area contributed by atoms with Crippen molar-refractivity contribution in [3.63, 3.8) is 0 Å². The van der Waals surface area contributed by atoms with Gasteiger partial charge in [-0.05, 0) is 52.4 Å². The van der Waals surface area contributed by atoms with Gasteiger partial charge in [0.25, 0.3) is 0 Å². The third-order valence-electron chi connectivity index (χ3n) is 3.23. The normalized spacial score (nSPS) is 11.9. The van der Waals surface area contributed by atoms with E-state index < -0.39 is 0 Å². The number of nitrogens with one attached hydrogen (secondary N) is 1. The van der Waals surface area contributed by atoms with Crippen LogP contribution in [0.15, 0.2) is 22.7 Å². The molecule has 2 rings (SSSR count). The smallest absolute Gasteiger partial charge is 0.107 e. The third kappa shape index (κ3) is 2.37. The van der Waals surface area contributed by atoms with E-state index in [0.717, 1.165) is 15.9 Å². The maximum atomic E-state index is 4.40. The minimum atomic E-state index is 0.153. The zero-order chi connectivity index (χ0) is 13.5. The molecule has 0 saturated heterocycles. The highest BCUT2D eigenvalue weighted by Crippen LogP contribution is 2.33. The molecule has 2 nitrogen and oxygen atoms in total. The molecule has 0 radical (unpaired) electrons. The van der Waals surface area contributed by atoms with Gasteiger partial charge < -0.3 is 0 Å². The van der Waals surface area contributed by atoms with Crippen molar-refractivity contribution in [2.75, 3.05) is 0 Å². The van der Waals surface area contributed by atoms with E-state index in [4.69, 9.17) is 0 Å². The molecule has 0 aliphatic carbocycles. The van der Waals surface area contributed by atoms with Crippen LogP contribution in [0.1, 0.15) is 37.6 Å². The van der Waals surface area contributed by atoms with Crippen LogP contribution in [-0.4, -0.2) is 10.2 Å². The Morgan fingerprint density at radius 1 is 1.17 bits per heavy atom. The first-order chi connectivity index (χ1) is 8.30. The van der Waals surface area contributed by atoms with Gasteiger partial charge >= 0.3 is 0 Å². The number of rotatable bonds is 1. The summed E-state index contributed by atoms with van der Waals surface area (Å²) in [6.07, 6.45) is 0. The first-order valence-corrected chi connectivity index (χ1v) is 6.92. The zero-order valence-corrected chi connectivity index (χ0v) is 13.1. The Hall–Kier alpha value is -1.09. The van der Waals surface area contributed by atoms with Gasteiger partial charge in [0.2, 0.25) is 0 Å². The van der Waals surface area contributed by atoms with Crippen LogP contribution in [-0.2, 0) is 5.41 Å². The largest absolute Gasteiger partial charge is 0.281 e. The summed E-state index contributed by atoms with van der Waals surface area (Å²) in [4.78, 5) is 0. The van der Waals surface area contributed by atoms with Gasteiger partial charge in [0.05, 0.1) is 4.47 Å². The molecule has 0 atom stereocenters. The fraction of sp³-hybridized carbons (Fsp3) is 0.400. The number of nitrogens with zero attached hydrogens (tertiary/aromatic N) is 1. The molecular weight excluding hydrogens is 288 g/mol. The van der Waals surface area contributed by atoms with Gasteiger partial charge in [0.1, 0.15) is 5.69 Å². The average Bonchev–Trinajstić information content (AvgIpc) is 2.59. The van der Waals surface area contributed by atoms with Crippen molar-refractivity contribution < 1.29 is 0 Å². The molecule has 0 aliphatic rings. The van der Waals surface area contributed by atoms with Gasteiger partial charge in [-0.2, -0.15) is 5.10 Å². The predicted octanol–water partition coefficient (Wildman–Crippen LogP) is 4.75. The van der Waals surface area contributed by atoms with Crippen LogP contribution >= 0.6 is 15.9 Å². The van der Waals surface area contributed by atoms with E-state index in [1.807, 2.05) is 6.92 Å². The van der Waals surface area contributed by atoms with Crippen LogP contribution in [0.25, 0.3) is 11.3 Å². The number of H-pyrrole nitrogens is 1. The Morgan fingerprint density at radius 2 is 1.83 bits per heavy atom. The van der Waals surface area contributed by atoms with Crippen molar-refractivity contribution in [2.45, 2.75) is 40.0 Å². The highest BCUT2D eigenvalue weighted by molar-refractivity contribution is 9.10. The number of aromatic nitrogens is 2. The average molecular weight is 307 g/mol. The molecule has 1 aromatic carbocycles. The number of benzene rings is 1. The van der Waals surface area contributed by atoms with Crippen LogP contribution in [0, 0.1) is 13.8 Å². The SMILES string of the molecule is Cc1ccc(C(C)(C)C)cc1-c1n[nH]c(C)c1Br. The first-order valence-electron chi connectivity index (χ1n) is 6.12. The molecule has 96 valence electrons. The number of aromatic amines is 1. The Kier molecular flexibility index (Phi) is 3.37. The van der Waals surface area contributed by atoms with Crippen LogP contribution in [0.4, 0.5) is 0 Å². The van der Waals surface area contributed by atoms with Crippen molar-refractivity contribution >= 4 is 15.9 Å². The van der Waals surface area contributed by atoms with Crippen LogP contribution < -0.4 is 0 Å². The minimum Gasteiger partial charge on any atom is -0.281 e. The van der Waals surface area contributed by atoms with Crippen molar-refractivity contribution in [1.29, 1.82) is 0 Å². The molecule has 0 unspecified atom stereocenters. The predicted molar refractivity (Wildman–Crippen MR) is 79.9 cm³/mol. The Balaban J connectivity index is 2.61. The molecule has 1 N–H and O–H groups in total. The molecule has 2 aromatic rings. The van der Waals surface area contributed by atoms with Gasteiger partial charge in [-0.15, -0.1) is 0 Å². The highest BCUT2D eigenvalue weighted by atomic mass is 79.9. The summed E-state index contributed by atoms with van der Waals surface area (Å²) in [6, 6.07) is 6.62. The van der Waals surface area contributed by atoms with E-state index in [1.54, 1.807) is 0 Å². The summed E-state index contributed by atoms with van der Waals surface area (Å²) < 4.78 is 1.05. The van der Waals surface area contributed by atoms with Crippen molar-refractivity contribution in [3.05, 3.63) is 39.5 Å². The number of halogens is 1. The van der Waals surface area contributed by atoms with Gasteiger partial charge in [-0.25, -0.2) is 0 Å². The Morgan fingerprint density at radius 3 is 2.33 bits per heavy atom. The van der Waals surface area contributed by atoms with E-state index in [-0.39, 0.29) is 5.41 Å². The van der Waals surface area contributed by atoms with Crippen LogP contribution in [0.3, 0.4) is 0 Å². The van der Waals surface area contributed by atoms with Crippen LogP contribution in [0.5, 0.6) is 0 Å². The van der Waals surface area contributed by atoms with Gasteiger partial charge in [0.15, 0.2) is 0 Å². The maximum absolute atomic E-state index is 4.40. The first kappa shape index (κ1) is 13.3. The summed E-state index contributed by atoms with van der Waals surface area (Å²) in [5.74, 6) is 0. The van der Waals surface area contributed by atoms with E-state index in [2.05, 4.69) is 72.0 Å². The van der Waals surface area contributed by atoms with E-state index in [0.29, 0.717) is 0 Å². The van der Waals surface area contributed by atoms with Gasteiger partial charge in [-0.3, -0.25) is 5.10 Å². The highest BCUT2D eigenvalue weighted by Gasteiger charge is 2.17.